The molecular weight excluding hydrogens is 559 g/mol. The molecule has 0 saturated heterocycles. The number of anilines is 3. The van der Waals surface area contributed by atoms with Crippen molar-refractivity contribution in [1.29, 1.82) is 0 Å². The Hall–Kier alpha value is -5.32. The van der Waals surface area contributed by atoms with E-state index >= 15 is 0 Å². The summed E-state index contributed by atoms with van der Waals surface area (Å²) < 4.78 is 0. The highest BCUT2D eigenvalue weighted by Gasteiger charge is 2.53. The van der Waals surface area contributed by atoms with E-state index in [1.54, 1.807) is 23.5 Å². The third-order valence-electron chi connectivity index (χ3n) is 9.84. The molecule has 2 aliphatic carbocycles. The molecule has 4 heteroatoms. The average molecular weight is 582 g/mol. The van der Waals surface area contributed by atoms with Gasteiger partial charge < -0.3 is 4.90 Å². The van der Waals surface area contributed by atoms with Gasteiger partial charge in [0.05, 0.1) is 22.4 Å². The van der Waals surface area contributed by atoms with Crippen molar-refractivity contribution in [3.05, 3.63) is 176 Å². The van der Waals surface area contributed by atoms with Crippen LogP contribution in [0.2, 0.25) is 0 Å². The smallest absolute Gasteiger partial charge is 0.197 e. The topological polar surface area (TPSA) is 37.4 Å². The van der Waals surface area contributed by atoms with Crippen molar-refractivity contribution in [2.24, 2.45) is 0 Å². The first kappa shape index (κ1) is 24.2. The number of hydrogen-bond acceptors (Lipinski definition) is 4. The zero-order valence-corrected chi connectivity index (χ0v) is 24.3. The molecule has 6 aromatic rings. The predicted octanol–water partition coefficient (Wildman–Crippen LogP) is 9.26. The molecular formula is C40H23NO2S. The number of rotatable bonds is 1. The molecule has 0 fully saturated rings. The number of carbonyl (C=O) groups is 2. The maximum atomic E-state index is 13.5. The third kappa shape index (κ3) is 2.82. The van der Waals surface area contributed by atoms with Crippen LogP contribution in [0.1, 0.15) is 59.0 Å². The number of nitrogens with zero attached hydrogens (tertiary/aromatic N) is 1. The lowest BCUT2D eigenvalue weighted by molar-refractivity contribution is 0.0990. The Kier molecular flexibility index (Phi) is 4.61. The van der Waals surface area contributed by atoms with E-state index in [2.05, 4.69) is 102 Å². The van der Waals surface area contributed by atoms with Crippen molar-refractivity contribution in [2.45, 2.75) is 11.8 Å². The van der Waals surface area contributed by atoms with E-state index in [1.165, 1.54) is 55.9 Å². The molecule has 0 bridgehead atoms. The Labute approximate surface area is 258 Å². The van der Waals surface area contributed by atoms with Gasteiger partial charge in [0.2, 0.25) is 0 Å². The van der Waals surface area contributed by atoms with E-state index < -0.39 is 5.41 Å². The molecule has 4 aliphatic rings. The van der Waals surface area contributed by atoms with Gasteiger partial charge in [0.1, 0.15) is 5.00 Å². The van der Waals surface area contributed by atoms with Gasteiger partial charge in [0, 0.05) is 28.0 Å². The summed E-state index contributed by atoms with van der Waals surface area (Å²) in [5.41, 5.74) is 13.2. The Morgan fingerprint density at radius 2 is 1.16 bits per heavy atom. The SMILES string of the molecule is O=C1C(=Cc2cc3c(s2)N2c4ccccc4Cc4cccc(c42)C32c3ccccc3-c3ccccc32)C(=O)c2ccccc21. The van der Waals surface area contributed by atoms with Crippen molar-refractivity contribution in [3.8, 4) is 11.1 Å². The van der Waals surface area contributed by atoms with Crippen molar-refractivity contribution < 1.29 is 9.59 Å². The van der Waals surface area contributed by atoms with Crippen LogP contribution in [-0.4, -0.2) is 11.6 Å². The fourth-order valence-corrected chi connectivity index (χ4v) is 9.31. The molecule has 3 nitrogen and oxygen atoms in total. The van der Waals surface area contributed by atoms with E-state index in [1.807, 2.05) is 18.2 Å². The first-order valence-corrected chi connectivity index (χ1v) is 15.7. The molecule has 0 N–H and O–H groups in total. The highest BCUT2D eigenvalue weighted by molar-refractivity contribution is 7.17. The van der Waals surface area contributed by atoms with Crippen LogP contribution in [-0.2, 0) is 11.8 Å². The predicted molar refractivity (Wildman–Crippen MR) is 176 cm³/mol. The minimum absolute atomic E-state index is 0.197. The van der Waals surface area contributed by atoms with Gasteiger partial charge in [-0.1, -0.05) is 109 Å². The van der Waals surface area contributed by atoms with Crippen LogP contribution in [0.25, 0.3) is 17.2 Å². The molecule has 1 spiro atoms. The molecule has 1 aromatic heterocycles. The number of thiophene rings is 1. The molecule has 0 unspecified atom stereocenters. The maximum Gasteiger partial charge on any atom is 0.197 e. The fraction of sp³-hybridized carbons (Fsp3) is 0.0500. The molecule has 0 saturated carbocycles. The number of allylic oxidation sites excluding steroid dienone is 1. The van der Waals surface area contributed by atoms with Crippen LogP contribution in [0.5, 0.6) is 0 Å². The monoisotopic (exact) mass is 581 g/mol. The number of benzene rings is 5. The minimum Gasteiger partial charge on any atom is -0.301 e. The van der Waals surface area contributed by atoms with Gasteiger partial charge >= 0.3 is 0 Å². The quantitative estimate of drug-likeness (QED) is 0.143. The van der Waals surface area contributed by atoms with E-state index in [0.29, 0.717) is 11.1 Å². The van der Waals surface area contributed by atoms with E-state index in [9.17, 15) is 9.59 Å². The molecule has 0 radical (unpaired) electrons. The van der Waals surface area contributed by atoms with E-state index in [-0.39, 0.29) is 17.1 Å². The van der Waals surface area contributed by atoms with Gasteiger partial charge in [0.25, 0.3) is 0 Å². The second-order valence-corrected chi connectivity index (χ2v) is 13.0. The van der Waals surface area contributed by atoms with E-state index in [0.717, 1.165) is 16.3 Å². The van der Waals surface area contributed by atoms with Crippen LogP contribution < -0.4 is 4.90 Å². The largest absolute Gasteiger partial charge is 0.301 e. The summed E-state index contributed by atoms with van der Waals surface area (Å²) in [6.07, 6.45) is 2.70. The molecule has 3 heterocycles. The summed E-state index contributed by atoms with van der Waals surface area (Å²) in [7, 11) is 0. The fourth-order valence-electron chi connectivity index (χ4n) is 8.13. The van der Waals surface area contributed by atoms with Crippen molar-refractivity contribution in [1.82, 2.24) is 0 Å². The summed E-state index contributed by atoms with van der Waals surface area (Å²) in [5.74, 6) is -0.394. The lowest BCUT2D eigenvalue weighted by Crippen LogP contribution is -2.37. The second-order valence-electron chi connectivity index (χ2n) is 11.9. The number of ketones is 2. The molecule has 2 aliphatic heterocycles. The normalized spacial score (nSPS) is 15.8. The summed E-state index contributed by atoms with van der Waals surface area (Å²) in [6.45, 7) is 0. The molecule has 44 heavy (non-hydrogen) atoms. The lowest BCUT2D eigenvalue weighted by Gasteiger charge is -2.46. The van der Waals surface area contributed by atoms with Crippen LogP contribution >= 0.6 is 11.3 Å². The van der Waals surface area contributed by atoms with E-state index in [4.69, 9.17) is 0 Å². The first-order chi connectivity index (χ1) is 21.7. The van der Waals surface area contributed by atoms with Gasteiger partial charge in [0.15, 0.2) is 11.6 Å². The molecule has 5 aromatic carbocycles. The number of fused-ring (bicyclic) bond motifs is 12. The van der Waals surface area contributed by atoms with Crippen molar-refractivity contribution in [2.75, 3.05) is 4.90 Å². The van der Waals surface area contributed by atoms with Crippen LogP contribution in [0, 0.1) is 0 Å². The summed E-state index contributed by atoms with van der Waals surface area (Å²) in [4.78, 5) is 30.2. The average Bonchev–Trinajstić information content (AvgIpc) is 3.70. The highest BCUT2D eigenvalue weighted by Crippen LogP contribution is 2.66. The van der Waals surface area contributed by atoms with Gasteiger partial charge in [-0.25, -0.2) is 0 Å². The van der Waals surface area contributed by atoms with Gasteiger partial charge in [-0.05, 0) is 57.2 Å². The molecule has 206 valence electrons. The number of carbonyl (C=O) groups excluding carboxylic acids is 2. The second kappa shape index (κ2) is 8.40. The Morgan fingerprint density at radius 3 is 1.86 bits per heavy atom. The maximum absolute atomic E-state index is 13.5. The van der Waals surface area contributed by atoms with Gasteiger partial charge in [-0.2, -0.15) is 0 Å². The summed E-state index contributed by atoms with van der Waals surface area (Å²) >= 11 is 1.66. The summed E-state index contributed by atoms with van der Waals surface area (Å²) in [5, 5.41) is 1.13. The van der Waals surface area contributed by atoms with Crippen LogP contribution in [0.15, 0.2) is 127 Å². The highest BCUT2D eigenvalue weighted by atomic mass is 32.1. The number of Topliss-reactive ketones (excluding diaryl/α,β-unsaturated/α-hetero) is 2. The zero-order valence-electron chi connectivity index (χ0n) is 23.5. The number of para-hydroxylation sites is 2. The molecule has 0 atom stereocenters. The van der Waals surface area contributed by atoms with Crippen molar-refractivity contribution in [3.63, 3.8) is 0 Å². The Balaban J connectivity index is 1.31. The van der Waals surface area contributed by atoms with Gasteiger partial charge in [-0.3, -0.25) is 9.59 Å². The Bertz CT molecular complexity index is 2240. The summed E-state index contributed by atoms with van der Waals surface area (Å²) in [6, 6.07) is 42.4. The first-order valence-electron chi connectivity index (χ1n) is 14.9. The van der Waals surface area contributed by atoms with Crippen LogP contribution in [0.4, 0.5) is 16.4 Å². The third-order valence-corrected chi connectivity index (χ3v) is 10.9. The zero-order chi connectivity index (χ0) is 29.2. The standard InChI is InChI=1S/C40H23NO2S/c42-37-28-14-2-3-15-29(28)38(43)30(37)21-25-22-34-39(44-25)41-35-19-8-1-10-23(35)20-24-11-9-18-33(36(24)41)40(34)31-16-6-4-12-26(31)27-13-5-7-17-32(27)40/h1-19,21-22H,20H2. The lowest BCUT2D eigenvalue weighted by atomic mass is 9.65. The van der Waals surface area contributed by atoms with Crippen molar-refractivity contribution >= 4 is 45.4 Å². The molecule has 10 rings (SSSR count). The minimum atomic E-state index is -0.531. The van der Waals surface area contributed by atoms with Crippen LogP contribution in [0.3, 0.4) is 0 Å². The Morgan fingerprint density at radius 1 is 0.591 bits per heavy atom. The van der Waals surface area contributed by atoms with Gasteiger partial charge in [-0.15, -0.1) is 11.3 Å². The number of hydrogen-bond donors (Lipinski definition) is 0. The molecule has 0 amide bonds.